The molecule has 2 aromatic carbocycles. The van der Waals surface area contributed by atoms with Crippen LogP contribution in [0, 0.1) is 0 Å². The summed E-state index contributed by atoms with van der Waals surface area (Å²) in [6.45, 7) is 1.21. The quantitative estimate of drug-likeness (QED) is 0.663. The van der Waals surface area contributed by atoms with Crippen LogP contribution in [0.15, 0.2) is 67.0 Å². The Bertz CT molecular complexity index is 939. The lowest BCUT2D eigenvalue weighted by Crippen LogP contribution is -2.47. The minimum atomic E-state index is -0.661. The molecular weight excluding hydrogens is 354 g/mol. The average Bonchev–Trinajstić information content (AvgIpc) is 3.15. The van der Waals surface area contributed by atoms with Crippen molar-refractivity contribution in [1.29, 1.82) is 0 Å². The molecule has 0 N–H and O–H groups in total. The largest absolute Gasteiger partial charge is 0.485 e. The van der Waals surface area contributed by atoms with E-state index >= 15 is 0 Å². The number of rotatable bonds is 6. The van der Waals surface area contributed by atoms with E-state index in [1.165, 1.54) is 5.56 Å². The van der Waals surface area contributed by atoms with E-state index in [1.54, 1.807) is 11.1 Å². The fourth-order valence-electron chi connectivity index (χ4n) is 3.24. The smallest absolute Gasteiger partial charge is 0.267 e. The van der Waals surface area contributed by atoms with Crippen molar-refractivity contribution in [2.45, 2.75) is 19.1 Å². The molecule has 1 atom stereocenters. The van der Waals surface area contributed by atoms with Crippen molar-refractivity contribution in [2.75, 3.05) is 13.2 Å². The highest BCUT2D eigenvalue weighted by atomic mass is 16.6. The molecule has 0 aliphatic carbocycles. The first-order valence-corrected chi connectivity index (χ1v) is 9.38. The molecule has 3 aromatic rings. The maximum atomic E-state index is 13.3. The lowest BCUT2D eigenvalue weighted by molar-refractivity contribution is -0.142. The summed E-state index contributed by atoms with van der Waals surface area (Å²) in [6, 6.07) is 17.6. The third-order valence-electron chi connectivity index (χ3n) is 4.86. The second kappa shape index (κ2) is 8.17. The van der Waals surface area contributed by atoms with Gasteiger partial charge in [0.15, 0.2) is 11.5 Å². The van der Waals surface area contributed by atoms with E-state index in [2.05, 4.69) is 17.1 Å². The van der Waals surface area contributed by atoms with E-state index in [0.29, 0.717) is 24.6 Å². The molecule has 6 nitrogen and oxygen atoms in total. The maximum absolute atomic E-state index is 13.3. The molecule has 144 valence electrons. The third-order valence-corrected chi connectivity index (χ3v) is 4.86. The first-order chi connectivity index (χ1) is 13.7. The van der Waals surface area contributed by atoms with Crippen LogP contribution >= 0.6 is 0 Å². The SMILES string of the molecule is Cn1ccnc1CN(CCc1ccccc1)C(=O)[C@H]1COc2ccccc2O1. The topological polar surface area (TPSA) is 56.6 Å². The Labute approximate surface area is 164 Å². The molecule has 1 amide bonds. The summed E-state index contributed by atoms with van der Waals surface area (Å²) in [5.41, 5.74) is 1.19. The predicted octanol–water partition coefficient (Wildman–Crippen LogP) is 2.83. The Morgan fingerprint density at radius 2 is 1.89 bits per heavy atom. The zero-order valence-corrected chi connectivity index (χ0v) is 15.8. The summed E-state index contributed by atoms with van der Waals surface area (Å²) in [6.07, 6.45) is 3.73. The van der Waals surface area contributed by atoms with Crippen molar-refractivity contribution in [3.8, 4) is 11.5 Å². The van der Waals surface area contributed by atoms with Crippen molar-refractivity contribution in [2.24, 2.45) is 7.05 Å². The molecule has 4 rings (SSSR count). The fourth-order valence-corrected chi connectivity index (χ4v) is 3.24. The van der Waals surface area contributed by atoms with Crippen LogP contribution in [-0.2, 0) is 24.8 Å². The van der Waals surface area contributed by atoms with Gasteiger partial charge in [0.1, 0.15) is 12.4 Å². The highest BCUT2D eigenvalue weighted by molar-refractivity contribution is 5.82. The van der Waals surface area contributed by atoms with E-state index in [0.717, 1.165) is 12.2 Å². The number of fused-ring (bicyclic) bond motifs is 1. The third kappa shape index (κ3) is 4.01. The van der Waals surface area contributed by atoms with E-state index in [9.17, 15) is 4.79 Å². The van der Waals surface area contributed by atoms with Gasteiger partial charge in [0.25, 0.3) is 5.91 Å². The number of carbonyl (C=O) groups excluding carboxylic acids is 1. The molecule has 2 heterocycles. The van der Waals surface area contributed by atoms with Gasteiger partial charge in [-0.1, -0.05) is 42.5 Å². The van der Waals surface area contributed by atoms with Crippen molar-refractivity contribution in [3.63, 3.8) is 0 Å². The second-order valence-corrected chi connectivity index (χ2v) is 6.81. The lowest BCUT2D eigenvalue weighted by Gasteiger charge is -2.30. The van der Waals surface area contributed by atoms with Crippen LogP contribution in [0.2, 0.25) is 0 Å². The van der Waals surface area contributed by atoms with Gasteiger partial charge < -0.3 is 18.9 Å². The van der Waals surface area contributed by atoms with Crippen LogP contribution in [0.1, 0.15) is 11.4 Å². The molecule has 0 spiro atoms. The Morgan fingerprint density at radius 1 is 1.14 bits per heavy atom. The molecule has 0 saturated heterocycles. The first kappa shape index (κ1) is 18.1. The second-order valence-electron chi connectivity index (χ2n) is 6.81. The molecule has 28 heavy (non-hydrogen) atoms. The Balaban J connectivity index is 1.50. The number of aromatic nitrogens is 2. The number of hydrogen-bond acceptors (Lipinski definition) is 4. The number of nitrogens with zero attached hydrogens (tertiary/aromatic N) is 3. The Morgan fingerprint density at radius 3 is 2.64 bits per heavy atom. The standard InChI is InChI=1S/C22H23N3O3/c1-24-14-12-23-21(24)15-25(13-11-17-7-3-2-4-8-17)22(26)20-16-27-18-9-5-6-10-19(18)28-20/h2-10,12,14,20H,11,13,15-16H2,1H3/t20-/m1/s1. The lowest BCUT2D eigenvalue weighted by atomic mass is 10.1. The highest BCUT2D eigenvalue weighted by Crippen LogP contribution is 2.31. The molecule has 1 aliphatic rings. The van der Waals surface area contributed by atoms with Gasteiger partial charge >= 0.3 is 0 Å². The van der Waals surface area contributed by atoms with Crippen molar-refractivity contribution in [3.05, 3.63) is 78.4 Å². The molecule has 0 unspecified atom stereocenters. The van der Waals surface area contributed by atoms with Crippen LogP contribution in [0.5, 0.6) is 11.5 Å². The van der Waals surface area contributed by atoms with Crippen molar-refractivity contribution < 1.29 is 14.3 Å². The van der Waals surface area contributed by atoms with E-state index in [4.69, 9.17) is 9.47 Å². The normalized spacial score (nSPS) is 15.2. The summed E-state index contributed by atoms with van der Waals surface area (Å²) >= 11 is 0. The van der Waals surface area contributed by atoms with E-state index in [1.807, 2.05) is 60.3 Å². The zero-order chi connectivity index (χ0) is 19.3. The summed E-state index contributed by atoms with van der Waals surface area (Å²) < 4.78 is 13.6. The summed E-state index contributed by atoms with van der Waals surface area (Å²) in [5, 5.41) is 0. The molecule has 0 radical (unpaired) electrons. The molecular formula is C22H23N3O3. The Kier molecular flexibility index (Phi) is 5.28. The number of ether oxygens (including phenoxy) is 2. The van der Waals surface area contributed by atoms with Gasteiger partial charge in [-0.05, 0) is 24.1 Å². The molecule has 0 fully saturated rings. The van der Waals surface area contributed by atoms with Crippen molar-refractivity contribution >= 4 is 5.91 Å². The molecule has 0 bridgehead atoms. The number of aryl methyl sites for hydroxylation is 1. The number of carbonyl (C=O) groups is 1. The predicted molar refractivity (Wildman–Crippen MR) is 105 cm³/mol. The van der Waals surface area contributed by atoms with Gasteiger partial charge in [0.2, 0.25) is 6.10 Å². The van der Waals surface area contributed by atoms with Crippen LogP contribution < -0.4 is 9.47 Å². The minimum absolute atomic E-state index is 0.0894. The first-order valence-electron chi connectivity index (χ1n) is 9.38. The van der Waals surface area contributed by atoms with Crippen LogP contribution in [0.25, 0.3) is 0 Å². The van der Waals surface area contributed by atoms with Gasteiger partial charge in [-0.15, -0.1) is 0 Å². The summed E-state index contributed by atoms with van der Waals surface area (Å²) in [7, 11) is 1.93. The number of amides is 1. The summed E-state index contributed by atoms with van der Waals surface area (Å²) in [5.74, 6) is 2.02. The van der Waals surface area contributed by atoms with E-state index < -0.39 is 6.10 Å². The minimum Gasteiger partial charge on any atom is -0.485 e. The van der Waals surface area contributed by atoms with Gasteiger partial charge in [-0.25, -0.2) is 4.98 Å². The van der Waals surface area contributed by atoms with Gasteiger partial charge in [0.05, 0.1) is 6.54 Å². The fraction of sp³-hybridized carbons (Fsp3) is 0.273. The van der Waals surface area contributed by atoms with Gasteiger partial charge in [-0.2, -0.15) is 0 Å². The van der Waals surface area contributed by atoms with Crippen LogP contribution in [-0.4, -0.2) is 39.6 Å². The molecule has 1 aliphatic heterocycles. The van der Waals surface area contributed by atoms with Crippen molar-refractivity contribution in [1.82, 2.24) is 14.5 Å². The van der Waals surface area contributed by atoms with E-state index in [-0.39, 0.29) is 12.5 Å². The zero-order valence-electron chi connectivity index (χ0n) is 15.8. The van der Waals surface area contributed by atoms with Crippen LogP contribution in [0.4, 0.5) is 0 Å². The number of hydrogen-bond donors (Lipinski definition) is 0. The molecule has 1 aromatic heterocycles. The summed E-state index contributed by atoms with van der Waals surface area (Å²) in [4.78, 5) is 19.4. The maximum Gasteiger partial charge on any atom is 0.267 e. The monoisotopic (exact) mass is 377 g/mol. The van der Waals surface area contributed by atoms with Crippen LogP contribution in [0.3, 0.4) is 0 Å². The number of para-hydroxylation sites is 2. The molecule has 6 heteroatoms. The van der Waals surface area contributed by atoms with Gasteiger partial charge in [-0.3, -0.25) is 4.79 Å². The van der Waals surface area contributed by atoms with Gasteiger partial charge in [0, 0.05) is 26.0 Å². The number of benzene rings is 2. The number of imidazole rings is 1. The highest BCUT2D eigenvalue weighted by Gasteiger charge is 2.31. The Hall–Kier alpha value is -3.28. The average molecular weight is 377 g/mol. The molecule has 0 saturated carbocycles.